The van der Waals surface area contributed by atoms with E-state index in [-0.39, 0.29) is 11.3 Å². The third-order valence-corrected chi connectivity index (χ3v) is 3.67. The third-order valence-electron chi connectivity index (χ3n) is 3.67. The summed E-state index contributed by atoms with van der Waals surface area (Å²) in [6.07, 6.45) is -0.851. The van der Waals surface area contributed by atoms with Gasteiger partial charge in [0.05, 0.1) is 6.61 Å². The van der Waals surface area contributed by atoms with Gasteiger partial charge in [-0.05, 0) is 50.3 Å². The molecule has 4 nitrogen and oxygen atoms in total. The van der Waals surface area contributed by atoms with Crippen molar-refractivity contribution in [3.05, 3.63) is 29.6 Å². The van der Waals surface area contributed by atoms with Gasteiger partial charge in [-0.1, -0.05) is 6.07 Å². The van der Waals surface area contributed by atoms with Crippen LogP contribution in [0.15, 0.2) is 18.2 Å². The Morgan fingerprint density at radius 3 is 2.59 bits per heavy atom. The highest BCUT2D eigenvalue weighted by Gasteiger charge is 2.33. The van der Waals surface area contributed by atoms with E-state index in [1.807, 2.05) is 6.92 Å². The number of aliphatic carboxylic acids is 1. The highest BCUT2D eigenvalue weighted by atomic mass is 19.3. The van der Waals surface area contributed by atoms with E-state index in [0.717, 1.165) is 31.7 Å². The van der Waals surface area contributed by atoms with Crippen LogP contribution in [0, 0.1) is 5.82 Å². The number of ether oxygens (including phenoxy) is 2. The monoisotopic (exact) mass is 317 g/mol. The Bertz CT molecular complexity index is 554. The molecule has 1 aromatic carbocycles. The lowest BCUT2D eigenvalue weighted by Gasteiger charge is -2.26. The summed E-state index contributed by atoms with van der Waals surface area (Å²) in [5.41, 5.74) is -0.297. The predicted octanol–water partition coefficient (Wildman–Crippen LogP) is 2.40. The summed E-state index contributed by atoms with van der Waals surface area (Å²) in [5, 5.41) is 10.2. The fourth-order valence-corrected chi connectivity index (χ4v) is 2.44. The molecule has 0 amide bonds. The van der Waals surface area contributed by atoms with Gasteiger partial charge < -0.3 is 19.4 Å². The first-order valence-corrected chi connectivity index (χ1v) is 6.92. The fraction of sp³-hybridized carbons (Fsp3) is 0.533. The molecule has 1 saturated carbocycles. The van der Waals surface area contributed by atoms with E-state index < -0.39 is 30.1 Å². The largest absolute Gasteiger partial charge is 0.542 e. The zero-order valence-electron chi connectivity index (χ0n) is 12.0. The summed E-state index contributed by atoms with van der Waals surface area (Å²) >= 11 is 0. The van der Waals surface area contributed by atoms with E-state index in [0.29, 0.717) is 0 Å². The number of carboxylic acid groups (broad SMARTS) is 1. The Balaban J connectivity index is 2.08. The number of carbonyl (C=O) groups is 1. The second-order valence-corrected chi connectivity index (χ2v) is 5.62. The quantitative estimate of drug-likeness (QED) is 0.808. The Labute approximate surface area is 125 Å². The zero-order valence-corrected chi connectivity index (χ0v) is 12.0. The number of benzene rings is 1. The van der Waals surface area contributed by atoms with Crippen molar-refractivity contribution in [3.63, 3.8) is 0 Å². The van der Waals surface area contributed by atoms with Crippen molar-refractivity contribution in [1.29, 1.82) is 0 Å². The van der Waals surface area contributed by atoms with Gasteiger partial charge in [0, 0.05) is 0 Å². The Hall–Kier alpha value is -1.76. The molecule has 122 valence electrons. The number of rotatable bonds is 6. The van der Waals surface area contributed by atoms with E-state index in [2.05, 4.69) is 4.74 Å². The summed E-state index contributed by atoms with van der Waals surface area (Å²) in [5.74, 6) is -3.28. The normalized spacial score (nSPS) is 17.5. The lowest BCUT2D eigenvalue weighted by molar-refractivity contribution is -0.364. The minimum Gasteiger partial charge on any atom is -0.542 e. The van der Waals surface area contributed by atoms with E-state index in [1.165, 1.54) is 12.1 Å². The van der Waals surface area contributed by atoms with Gasteiger partial charge in [0.15, 0.2) is 11.6 Å². The summed E-state index contributed by atoms with van der Waals surface area (Å²) in [6.45, 7) is 1.17. The predicted molar refractivity (Wildman–Crippen MR) is 68.6 cm³/mol. The maximum absolute atomic E-state index is 13.8. The van der Waals surface area contributed by atoms with Gasteiger partial charge in [-0.25, -0.2) is 4.39 Å². The first-order valence-electron chi connectivity index (χ1n) is 6.92. The smallest absolute Gasteiger partial charge is 0.397 e. The summed E-state index contributed by atoms with van der Waals surface area (Å²) in [7, 11) is 0. The molecule has 1 aliphatic rings. The van der Waals surface area contributed by atoms with Crippen molar-refractivity contribution >= 4 is 5.97 Å². The molecule has 0 spiro atoms. The highest BCUT2D eigenvalue weighted by Crippen LogP contribution is 2.35. The Kier molecular flexibility index (Phi) is 4.65. The second-order valence-electron chi connectivity index (χ2n) is 5.62. The first kappa shape index (κ1) is 16.6. The van der Waals surface area contributed by atoms with E-state index in [4.69, 9.17) is 4.74 Å². The van der Waals surface area contributed by atoms with E-state index in [9.17, 15) is 23.1 Å². The van der Waals surface area contributed by atoms with Crippen LogP contribution in [0.1, 0.15) is 38.2 Å². The molecule has 22 heavy (non-hydrogen) atoms. The molecule has 0 radical (unpaired) electrons. The molecule has 0 saturated heterocycles. The van der Waals surface area contributed by atoms with Crippen molar-refractivity contribution in [3.8, 4) is 5.75 Å². The van der Waals surface area contributed by atoms with Gasteiger partial charge in [0.1, 0.15) is 11.6 Å². The lowest BCUT2D eigenvalue weighted by Crippen LogP contribution is -2.43. The summed E-state index contributed by atoms with van der Waals surface area (Å²) in [6, 6.07) is 3.54. The van der Waals surface area contributed by atoms with Gasteiger partial charge in [-0.15, -0.1) is 0 Å². The number of hydrogen-bond acceptors (Lipinski definition) is 4. The van der Waals surface area contributed by atoms with Crippen LogP contribution in [0.3, 0.4) is 0 Å². The SMILES string of the molecule is CC1(Oc2cc(COC(F)(F)C(=O)[O-])ccc2F)CCCC1. The number of hydrogen-bond donors (Lipinski definition) is 0. The van der Waals surface area contributed by atoms with Gasteiger partial charge in [-0.2, -0.15) is 8.78 Å². The van der Waals surface area contributed by atoms with Crippen molar-refractivity contribution in [1.82, 2.24) is 0 Å². The minimum absolute atomic E-state index is 0.0535. The third kappa shape index (κ3) is 3.91. The molecular formula is C15H16F3O4-. The van der Waals surface area contributed by atoms with Crippen molar-refractivity contribution in [2.45, 2.75) is 50.9 Å². The van der Waals surface area contributed by atoms with Crippen LogP contribution in [0.25, 0.3) is 0 Å². The molecular weight excluding hydrogens is 301 g/mol. The average molecular weight is 317 g/mol. The summed E-state index contributed by atoms with van der Waals surface area (Å²) < 4.78 is 49.1. The molecule has 0 N–H and O–H groups in total. The van der Waals surface area contributed by atoms with Gasteiger partial charge >= 0.3 is 6.11 Å². The molecule has 0 unspecified atom stereocenters. The van der Waals surface area contributed by atoms with Crippen LogP contribution in [0.4, 0.5) is 13.2 Å². The second kappa shape index (κ2) is 6.16. The molecule has 1 aromatic rings. The van der Waals surface area contributed by atoms with Crippen LogP contribution in [0.5, 0.6) is 5.75 Å². The molecule has 0 aromatic heterocycles. The number of carboxylic acids is 1. The Morgan fingerprint density at radius 2 is 2.00 bits per heavy atom. The van der Waals surface area contributed by atoms with E-state index >= 15 is 0 Å². The molecule has 1 aliphatic carbocycles. The fourth-order valence-electron chi connectivity index (χ4n) is 2.44. The van der Waals surface area contributed by atoms with Crippen LogP contribution in [-0.2, 0) is 16.1 Å². The number of alkyl halides is 2. The lowest BCUT2D eigenvalue weighted by atomic mass is 10.1. The number of carbonyl (C=O) groups excluding carboxylic acids is 1. The number of halogens is 3. The first-order chi connectivity index (χ1) is 10.2. The molecule has 7 heteroatoms. The maximum Gasteiger partial charge on any atom is 0.397 e. The van der Waals surface area contributed by atoms with Crippen LogP contribution >= 0.6 is 0 Å². The maximum atomic E-state index is 13.8. The summed E-state index contributed by atoms with van der Waals surface area (Å²) in [4.78, 5) is 10.2. The zero-order chi connectivity index (χ0) is 16.4. The minimum atomic E-state index is -4.40. The van der Waals surface area contributed by atoms with Gasteiger partial charge in [0.25, 0.3) is 0 Å². The van der Waals surface area contributed by atoms with Crippen LogP contribution in [0.2, 0.25) is 0 Å². The van der Waals surface area contributed by atoms with Crippen LogP contribution in [-0.4, -0.2) is 17.7 Å². The average Bonchev–Trinajstić information content (AvgIpc) is 2.86. The van der Waals surface area contributed by atoms with Gasteiger partial charge in [-0.3, -0.25) is 0 Å². The molecule has 0 aliphatic heterocycles. The Morgan fingerprint density at radius 1 is 1.36 bits per heavy atom. The molecule has 0 bridgehead atoms. The van der Waals surface area contributed by atoms with Crippen molar-refractivity contribution < 1.29 is 32.5 Å². The van der Waals surface area contributed by atoms with E-state index in [1.54, 1.807) is 0 Å². The standard InChI is InChI=1S/C15H17F3O4/c1-14(6-2-3-7-14)22-12-8-10(4-5-11(12)16)9-21-15(17,18)13(19)20/h4-5,8H,2-3,6-7,9H2,1H3,(H,19,20)/p-1. The molecule has 0 atom stereocenters. The molecule has 0 heterocycles. The van der Waals surface area contributed by atoms with Gasteiger partial charge in [0.2, 0.25) is 0 Å². The van der Waals surface area contributed by atoms with Crippen molar-refractivity contribution in [2.75, 3.05) is 0 Å². The molecule has 1 fully saturated rings. The molecule has 2 rings (SSSR count). The van der Waals surface area contributed by atoms with Crippen LogP contribution < -0.4 is 9.84 Å². The van der Waals surface area contributed by atoms with Crippen molar-refractivity contribution in [2.24, 2.45) is 0 Å². The topological polar surface area (TPSA) is 58.6 Å². The highest BCUT2D eigenvalue weighted by molar-refractivity contribution is 5.71.